The molecule has 0 aromatic carbocycles. The van der Waals surface area contributed by atoms with E-state index in [0.717, 1.165) is 13.1 Å². The normalized spacial score (nSPS) is 17.9. The van der Waals surface area contributed by atoms with Crippen LogP contribution in [0.25, 0.3) is 0 Å². The summed E-state index contributed by atoms with van der Waals surface area (Å²) in [6, 6.07) is 8.67. The van der Waals surface area contributed by atoms with Crippen LogP contribution in [0.15, 0.2) is 42.0 Å². The molecule has 2 aliphatic heterocycles. The highest BCUT2D eigenvalue weighted by molar-refractivity contribution is 7.09. The number of aromatic nitrogens is 1. The number of hydrogen-bond acceptors (Lipinski definition) is 6. The third-order valence-electron chi connectivity index (χ3n) is 6.01. The molecule has 0 bridgehead atoms. The zero-order valence-corrected chi connectivity index (χ0v) is 20.5. The van der Waals surface area contributed by atoms with E-state index in [9.17, 15) is 26.3 Å². The summed E-state index contributed by atoms with van der Waals surface area (Å²) in [6.07, 6.45) is -2.20. The molecule has 1 spiro atoms. The Morgan fingerprint density at radius 3 is 1.86 bits per heavy atom. The van der Waals surface area contributed by atoms with Crippen LogP contribution in [0.1, 0.15) is 29.7 Å². The molecule has 14 heteroatoms. The minimum Gasteiger partial charge on any atom is -0.475 e. The number of piperidine rings is 1. The van der Waals surface area contributed by atoms with E-state index in [2.05, 4.69) is 38.4 Å². The van der Waals surface area contributed by atoms with Crippen LogP contribution in [0.2, 0.25) is 0 Å². The summed E-state index contributed by atoms with van der Waals surface area (Å²) in [5.41, 5.74) is 1.92. The lowest BCUT2D eigenvalue weighted by Gasteiger charge is -2.39. The van der Waals surface area contributed by atoms with Crippen LogP contribution in [0.3, 0.4) is 0 Å². The Hall–Kier alpha value is -2.71. The number of hydrogen-bond donors (Lipinski definition) is 2. The molecular weight excluding hydrogens is 528 g/mol. The van der Waals surface area contributed by atoms with E-state index in [1.807, 2.05) is 29.8 Å². The van der Waals surface area contributed by atoms with Crippen molar-refractivity contribution in [1.82, 2.24) is 14.8 Å². The number of likely N-dealkylation sites (tertiary alicyclic amines) is 2. The minimum absolute atomic E-state index is 0.578. The lowest BCUT2D eigenvalue weighted by Crippen LogP contribution is -2.41. The molecule has 0 amide bonds. The molecule has 2 fully saturated rings. The van der Waals surface area contributed by atoms with Crippen molar-refractivity contribution in [3.8, 4) is 0 Å². The van der Waals surface area contributed by atoms with Gasteiger partial charge in [0.1, 0.15) is 0 Å². The molecule has 0 unspecified atom stereocenters. The van der Waals surface area contributed by atoms with Crippen molar-refractivity contribution < 1.29 is 46.1 Å². The van der Waals surface area contributed by atoms with Gasteiger partial charge >= 0.3 is 24.3 Å². The molecule has 2 aliphatic rings. The lowest BCUT2D eigenvalue weighted by molar-refractivity contribution is -0.193. The Morgan fingerprint density at radius 2 is 1.43 bits per heavy atom. The quantitative estimate of drug-likeness (QED) is 0.519. The smallest absolute Gasteiger partial charge is 0.475 e. The number of rotatable bonds is 4. The van der Waals surface area contributed by atoms with Gasteiger partial charge < -0.3 is 10.2 Å². The highest BCUT2D eigenvalue weighted by Gasteiger charge is 2.40. The van der Waals surface area contributed by atoms with E-state index in [1.54, 1.807) is 0 Å². The first-order valence-corrected chi connectivity index (χ1v) is 12.0. The molecule has 206 valence electrons. The largest absolute Gasteiger partial charge is 0.490 e. The Bertz CT molecular complexity index is 955. The first-order valence-electron chi connectivity index (χ1n) is 11.2. The third-order valence-corrected chi connectivity index (χ3v) is 6.87. The van der Waals surface area contributed by atoms with E-state index >= 15 is 0 Å². The molecule has 4 rings (SSSR count). The molecule has 37 heavy (non-hydrogen) atoms. The van der Waals surface area contributed by atoms with Gasteiger partial charge in [0.15, 0.2) is 0 Å². The molecule has 4 heterocycles. The van der Waals surface area contributed by atoms with Crippen molar-refractivity contribution in [1.29, 1.82) is 0 Å². The van der Waals surface area contributed by atoms with Crippen LogP contribution < -0.4 is 0 Å². The van der Waals surface area contributed by atoms with Gasteiger partial charge in [0.05, 0.1) is 0 Å². The summed E-state index contributed by atoms with van der Waals surface area (Å²) in [7, 11) is 0. The number of halogens is 6. The molecule has 2 saturated heterocycles. The molecule has 0 atom stereocenters. The maximum atomic E-state index is 10.6. The Labute approximate surface area is 213 Å². The number of carbonyl (C=O) groups is 2. The van der Waals surface area contributed by atoms with Gasteiger partial charge in [-0.25, -0.2) is 9.59 Å². The topological polar surface area (TPSA) is 94.0 Å². The number of nitrogens with zero attached hydrogens (tertiary/aromatic N) is 3. The molecule has 0 aliphatic carbocycles. The Balaban J connectivity index is 0.000000286. The van der Waals surface area contributed by atoms with Crippen molar-refractivity contribution in [3.05, 3.63) is 52.5 Å². The monoisotopic (exact) mass is 555 g/mol. The number of thiophene rings is 1. The fraction of sp³-hybridized carbons (Fsp3) is 0.522. The second-order valence-corrected chi connectivity index (χ2v) is 9.82. The predicted molar refractivity (Wildman–Crippen MR) is 123 cm³/mol. The zero-order chi connectivity index (χ0) is 27.7. The van der Waals surface area contributed by atoms with Crippen LogP contribution in [0.4, 0.5) is 26.3 Å². The molecule has 7 nitrogen and oxygen atoms in total. The first kappa shape index (κ1) is 30.5. The number of carboxylic acid groups (broad SMARTS) is 2. The van der Waals surface area contributed by atoms with Gasteiger partial charge in [-0.05, 0) is 67.4 Å². The predicted octanol–water partition coefficient (Wildman–Crippen LogP) is 4.90. The molecule has 0 saturated carbocycles. The summed E-state index contributed by atoms with van der Waals surface area (Å²) >= 11 is 1.89. The molecule has 0 radical (unpaired) electrons. The van der Waals surface area contributed by atoms with Gasteiger partial charge in [-0.1, -0.05) is 12.1 Å². The van der Waals surface area contributed by atoms with E-state index in [0.29, 0.717) is 5.41 Å². The van der Waals surface area contributed by atoms with Crippen LogP contribution >= 0.6 is 11.3 Å². The average Bonchev–Trinajstić information content (AvgIpc) is 3.46. The highest BCUT2D eigenvalue weighted by atomic mass is 32.1. The van der Waals surface area contributed by atoms with E-state index in [1.165, 1.54) is 55.9 Å². The van der Waals surface area contributed by atoms with Crippen molar-refractivity contribution in [2.75, 3.05) is 26.2 Å². The fourth-order valence-electron chi connectivity index (χ4n) is 4.13. The number of pyridine rings is 1. The maximum absolute atomic E-state index is 10.6. The van der Waals surface area contributed by atoms with Gasteiger partial charge in [-0.2, -0.15) is 26.3 Å². The summed E-state index contributed by atoms with van der Waals surface area (Å²) in [5, 5.41) is 16.4. The Kier molecular flexibility index (Phi) is 10.9. The first-order chi connectivity index (χ1) is 17.2. The van der Waals surface area contributed by atoms with Crippen molar-refractivity contribution in [3.63, 3.8) is 0 Å². The van der Waals surface area contributed by atoms with Crippen LogP contribution in [0, 0.1) is 5.41 Å². The second-order valence-electron chi connectivity index (χ2n) is 8.78. The van der Waals surface area contributed by atoms with Crippen LogP contribution in [0.5, 0.6) is 0 Å². The van der Waals surface area contributed by atoms with E-state index in [4.69, 9.17) is 19.8 Å². The summed E-state index contributed by atoms with van der Waals surface area (Å²) in [5.74, 6) is -5.51. The van der Waals surface area contributed by atoms with Crippen molar-refractivity contribution in [2.45, 2.75) is 44.7 Å². The third kappa shape index (κ3) is 10.7. The van der Waals surface area contributed by atoms with Gasteiger partial charge in [0.2, 0.25) is 0 Å². The summed E-state index contributed by atoms with van der Waals surface area (Å²) in [4.78, 5) is 28.8. The Morgan fingerprint density at radius 1 is 0.892 bits per heavy atom. The second kappa shape index (κ2) is 13.2. The molecule has 2 aromatic rings. The van der Waals surface area contributed by atoms with Gasteiger partial charge in [0.25, 0.3) is 0 Å². The van der Waals surface area contributed by atoms with Crippen molar-refractivity contribution >= 4 is 23.3 Å². The molecule has 2 N–H and O–H groups in total. The summed E-state index contributed by atoms with van der Waals surface area (Å²) in [6.45, 7) is 7.26. The summed E-state index contributed by atoms with van der Waals surface area (Å²) < 4.78 is 63.5. The number of carboxylic acids is 2. The van der Waals surface area contributed by atoms with E-state index < -0.39 is 24.3 Å². The number of alkyl halides is 6. The van der Waals surface area contributed by atoms with Gasteiger partial charge in [-0.3, -0.25) is 14.8 Å². The van der Waals surface area contributed by atoms with Crippen LogP contribution in [-0.2, 0) is 22.7 Å². The zero-order valence-electron chi connectivity index (χ0n) is 19.6. The average molecular weight is 556 g/mol. The minimum atomic E-state index is -5.08. The standard InChI is InChI=1S/C19H25N3S.2C2HF3O2/c1-3-17(13-20-8-1)14-22-11-7-19(16-22)5-9-21(10-6-19)15-18-4-2-12-23-18;2*3-2(4,5)1(6)7/h1-4,8,12-13H,5-7,9-11,14-16H2;2*(H,6,7). The van der Waals surface area contributed by atoms with Gasteiger partial charge in [-0.15, -0.1) is 11.3 Å². The van der Waals surface area contributed by atoms with Gasteiger partial charge in [0, 0.05) is 36.9 Å². The molecule has 2 aromatic heterocycles. The SMILES string of the molecule is O=C(O)C(F)(F)F.O=C(O)C(F)(F)F.c1cncc(CN2CCC3(CCN(Cc4cccs4)CC3)C2)c1. The maximum Gasteiger partial charge on any atom is 0.490 e. The van der Waals surface area contributed by atoms with Crippen molar-refractivity contribution in [2.24, 2.45) is 5.41 Å². The highest BCUT2D eigenvalue weighted by Crippen LogP contribution is 2.41. The lowest BCUT2D eigenvalue weighted by atomic mass is 9.78. The van der Waals surface area contributed by atoms with Crippen LogP contribution in [-0.4, -0.2) is 75.5 Å². The number of aliphatic carboxylic acids is 2. The van der Waals surface area contributed by atoms with E-state index in [-0.39, 0.29) is 0 Å². The molecular formula is C23H27F6N3O4S. The fourth-order valence-corrected chi connectivity index (χ4v) is 4.88.